The predicted molar refractivity (Wildman–Crippen MR) is 82.4 cm³/mol. The average Bonchev–Trinajstić information content (AvgIpc) is 2.63. The van der Waals surface area contributed by atoms with Gasteiger partial charge in [-0.05, 0) is 76.9 Å². The molecular weight excluding hydrogens is 270 g/mol. The van der Waals surface area contributed by atoms with Gasteiger partial charge in [-0.1, -0.05) is 0 Å². The normalized spacial score (nSPS) is 20.7. The van der Waals surface area contributed by atoms with Gasteiger partial charge >= 0.3 is 0 Å². The first-order valence-electron chi connectivity index (χ1n) is 7.97. The van der Waals surface area contributed by atoms with Crippen LogP contribution in [0.25, 0.3) is 0 Å². The Morgan fingerprint density at radius 1 is 1.14 bits per heavy atom. The van der Waals surface area contributed by atoms with Gasteiger partial charge in [-0.2, -0.15) is 0 Å². The van der Waals surface area contributed by atoms with E-state index >= 15 is 0 Å². The maximum absolute atomic E-state index is 13.1. The Kier molecular flexibility index (Phi) is 6.12. The summed E-state index contributed by atoms with van der Waals surface area (Å²) in [5.74, 6) is -0.987. The van der Waals surface area contributed by atoms with Gasteiger partial charge in [0.2, 0.25) is 0 Å². The largest absolute Gasteiger partial charge is 0.314 e. The lowest BCUT2D eigenvalue weighted by Crippen LogP contribution is -2.34. The number of benzene rings is 1. The molecule has 1 aliphatic rings. The summed E-state index contributed by atoms with van der Waals surface area (Å²) >= 11 is 0. The molecule has 1 unspecified atom stereocenters. The highest BCUT2D eigenvalue weighted by Crippen LogP contribution is 2.14. The predicted octanol–water partition coefficient (Wildman–Crippen LogP) is 3.36. The maximum Gasteiger partial charge on any atom is 0.126 e. The minimum Gasteiger partial charge on any atom is -0.314 e. The van der Waals surface area contributed by atoms with E-state index in [1.807, 2.05) is 0 Å². The van der Waals surface area contributed by atoms with E-state index in [2.05, 4.69) is 24.1 Å². The number of hydrogen-bond donors (Lipinski definition) is 1. The van der Waals surface area contributed by atoms with Crippen molar-refractivity contribution in [3.63, 3.8) is 0 Å². The fourth-order valence-corrected chi connectivity index (χ4v) is 3.02. The van der Waals surface area contributed by atoms with Crippen LogP contribution >= 0.6 is 0 Å². The van der Waals surface area contributed by atoms with E-state index in [9.17, 15) is 8.78 Å². The standard InChI is InChI=1S/C17H26F2N2/c1-13(2)21-8-3-4-17(6-9-21)20-7-5-14-10-15(18)12-16(19)11-14/h10-13,17,20H,3-9H2,1-2H3. The van der Waals surface area contributed by atoms with Crippen molar-refractivity contribution < 1.29 is 8.78 Å². The van der Waals surface area contributed by atoms with E-state index < -0.39 is 11.6 Å². The van der Waals surface area contributed by atoms with Crippen LogP contribution in [0.1, 0.15) is 38.7 Å². The summed E-state index contributed by atoms with van der Waals surface area (Å²) in [6.07, 6.45) is 4.21. The Bertz CT molecular complexity index is 428. The first kappa shape index (κ1) is 16.4. The molecule has 1 heterocycles. The summed E-state index contributed by atoms with van der Waals surface area (Å²) in [6.45, 7) is 7.56. The summed E-state index contributed by atoms with van der Waals surface area (Å²) in [7, 11) is 0. The van der Waals surface area contributed by atoms with Gasteiger partial charge in [-0.25, -0.2) is 8.78 Å². The van der Waals surface area contributed by atoms with Crippen LogP contribution in [0, 0.1) is 11.6 Å². The Balaban J connectivity index is 1.75. The number of halogens is 2. The second-order valence-corrected chi connectivity index (χ2v) is 6.24. The first-order chi connectivity index (χ1) is 10.0. The minimum atomic E-state index is -0.493. The second kappa shape index (κ2) is 7.85. The first-order valence-corrected chi connectivity index (χ1v) is 7.97. The van der Waals surface area contributed by atoms with Crippen LogP contribution < -0.4 is 5.32 Å². The fourth-order valence-electron chi connectivity index (χ4n) is 3.02. The number of rotatable bonds is 5. The molecule has 0 aliphatic carbocycles. The monoisotopic (exact) mass is 296 g/mol. The maximum atomic E-state index is 13.1. The molecule has 2 nitrogen and oxygen atoms in total. The van der Waals surface area contributed by atoms with Crippen LogP contribution in [-0.2, 0) is 6.42 Å². The van der Waals surface area contributed by atoms with Gasteiger partial charge in [-0.15, -0.1) is 0 Å². The van der Waals surface area contributed by atoms with Gasteiger partial charge in [0, 0.05) is 18.2 Å². The quantitative estimate of drug-likeness (QED) is 0.896. The summed E-state index contributed by atoms with van der Waals surface area (Å²) in [4.78, 5) is 2.52. The molecule has 0 bridgehead atoms. The number of likely N-dealkylation sites (tertiary alicyclic amines) is 1. The zero-order chi connectivity index (χ0) is 15.2. The van der Waals surface area contributed by atoms with E-state index in [4.69, 9.17) is 0 Å². The van der Waals surface area contributed by atoms with Gasteiger partial charge in [0.05, 0.1) is 0 Å². The average molecular weight is 296 g/mol. The van der Waals surface area contributed by atoms with Gasteiger partial charge in [0.15, 0.2) is 0 Å². The van der Waals surface area contributed by atoms with E-state index in [1.54, 1.807) is 0 Å². The lowest BCUT2D eigenvalue weighted by atomic mass is 10.1. The Morgan fingerprint density at radius 3 is 2.52 bits per heavy atom. The SMILES string of the molecule is CC(C)N1CCCC(NCCc2cc(F)cc(F)c2)CC1. The van der Waals surface area contributed by atoms with Crippen LogP contribution in [0.4, 0.5) is 8.78 Å². The van der Waals surface area contributed by atoms with E-state index in [0.29, 0.717) is 18.5 Å². The van der Waals surface area contributed by atoms with Crippen LogP contribution in [0.15, 0.2) is 18.2 Å². The number of hydrogen-bond acceptors (Lipinski definition) is 2. The number of nitrogens with zero attached hydrogens (tertiary/aromatic N) is 1. The minimum absolute atomic E-state index is 0.493. The summed E-state index contributed by atoms with van der Waals surface area (Å²) in [6, 6.07) is 4.88. The molecule has 1 fully saturated rings. The van der Waals surface area contributed by atoms with Crippen molar-refractivity contribution in [2.45, 2.75) is 51.6 Å². The molecule has 0 spiro atoms. The van der Waals surface area contributed by atoms with Gasteiger partial charge in [0.1, 0.15) is 11.6 Å². The van der Waals surface area contributed by atoms with Crippen molar-refractivity contribution in [3.05, 3.63) is 35.4 Å². The van der Waals surface area contributed by atoms with Crippen molar-refractivity contribution in [2.24, 2.45) is 0 Å². The molecule has 1 N–H and O–H groups in total. The van der Waals surface area contributed by atoms with Crippen molar-refractivity contribution >= 4 is 0 Å². The highest BCUT2D eigenvalue weighted by molar-refractivity contribution is 5.18. The highest BCUT2D eigenvalue weighted by Gasteiger charge is 2.17. The van der Waals surface area contributed by atoms with Gasteiger partial charge in [-0.3, -0.25) is 0 Å². The van der Waals surface area contributed by atoms with Crippen molar-refractivity contribution in [3.8, 4) is 0 Å². The van der Waals surface area contributed by atoms with E-state index in [1.165, 1.54) is 31.5 Å². The molecule has 2 rings (SSSR count). The summed E-state index contributed by atoms with van der Waals surface area (Å²) < 4.78 is 26.2. The molecule has 0 aromatic heterocycles. The zero-order valence-corrected chi connectivity index (χ0v) is 13.0. The molecule has 118 valence electrons. The molecule has 1 saturated heterocycles. The van der Waals surface area contributed by atoms with Gasteiger partial charge < -0.3 is 10.2 Å². The molecule has 1 aliphatic heterocycles. The Morgan fingerprint density at radius 2 is 1.86 bits per heavy atom. The van der Waals surface area contributed by atoms with E-state index in [-0.39, 0.29) is 0 Å². The van der Waals surface area contributed by atoms with Gasteiger partial charge in [0.25, 0.3) is 0 Å². The molecule has 21 heavy (non-hydrogen) atoms. The smallest absolute Gasteiger partial charge is 0.126 e. The number of nitrogens with one attached hydrogen (secondary N) is 1. The van der Waals surface area contributed by atoms with Crippen molar-refractivity contribution in [1.29, 1.82) is 0 Å². The molecule has 0 radical (unpaired) electrons. The van der Waals surface area contributed by atoms with Crippen LogP contribution in [0.2, 0.25) is 0 Å². The van der Waals surface area contributed by atoms with E-state index in [0.717, 1.165) is 31.1 Å². The molecule has 0 saturated carbocycles. The highest BCUT2D eigenvalue weighted by atomic mass is 19.1. The Hall–Kier alpha value is -1.00. The van der Waals surface area contributed by atoms with Crippen LogP contribution in [-0.4, -0.2) is 36.6 Å². The van der Waals surface area contributed by atoms with Crippen LogP contribution in [0.5, 0.6) is 0 Å². The molecule has 1 atom stereocenters. The van der Waals surface area contributed by atoms with Crippen molar-refractivity contribution in [2.75, 3.05) is 19.6 Å². The third-order valence-corrected chi connectivity index (χ3v) is 4.26. The summed E-state index contributed by atoms with van der Waals surface area (Å²) in [5, 5.41) is 3.54. The molecule has 4 heteroatoms. The lowest BCUT2D eigenvalue weighted by Gasteiger charge is -2.24. The zero-order valence-electron chi connectivity index (χ0n) is 13.0. The van der Waals surface area contributed by atoms with Crippen molar-refractivity contribution in [1.82, 2.24) is 10.2 Å². The molecule has 1 aromatic rings. The Labute approximate surface area is 126 Å². The van der Waals surface area contributed by atoms with Crippen LogP contribution in [0.3, 0.4) is 0 Å². The molecule has 1 aromatic carbocycles. The lowest BCUT2D eigenvalue weighted by molar-refractivity contribution is 0.229. The third-order valence-electron chi connectivity index (χ3n) is 4.26. The second-order valence-electron chi connectivity index (χ2n) is 6.24. The topological polar surface area (TPSA) is 15.3 Å². The molecule has 0 amide bonds. The third kappa shape index (κ3) is 5.36. The summed E-state index contributed by atoms with van der Waals surface area (Å²) in [5.41, 5.74) is 0.720. The fraction of sp³-hybridized carbons (Fsp3) is 0.647. The molecular formula is C17H26F2N2.